The minimum atomic E-state index is -0.0601. The number of nitrogens with one attached hydrogen (secondary N) is 2. The van der Waals surface area contributed by atoms with Gasteiger partial charge in [-0.25, -0.2) is 0 Å². The number of pyridine rings is 1. The van der Waals surface area contributed by atoms with Crippen LogP contribution in [0.3, 0.4) is 0 Å². The third-order valence-electron chi connectivity index (χ3n) is 3.59. The standard InChI is InChI=1S/C15H20N2O2/c1-10(9-18)11(2)16-8-13-7-12-5-3-4-6-14(12)17-15(13)19/h3-7,10-11,16,18H,8-9H2,1-2H3,(H,17,19). The molecule has 19 heavy (non-hydrogen) atoms. The van der Waals surface area contributed by atoms with Crippen LogP contribution in [0.2, 0.25) is 0 Å². The van der Waals surface area contributed by atoms with Crippen LogP contribution in [0.15, 0.2) is 35.1 Å². The third kappa shape index (κ3) is 3.22. The number of hydrogen-bond acceptors (Lipinski definition) is 3. The molecule has 0 saturated heterocycles. The number of aromatic amines is 1. The molecule has 3 N–H and O–H groups in total. The predicted molar refractivity (Wildman–Crippen MR) is 77.1 cm³/mol. The van der Waals surface area contributed by atoms with Crippen molar-refractivity contribution in [3.63, 3.8) is 0 Å². The van der Waals surface area contributed by atoms with Crippen LogP contribution >= 0.6 is 0 Å². The lowest BCUT2D eigenvalue weighted by molar-refractivity contribution is 0.207. The molecular formula is C15H20N2O2. The van der Waals surface area contributed by atoms with Crippen molar-refractivity contribution in [1.29, 1.82) is 0 Å². The summed E-state index contributed by atoms with van der Waals surface area (Å²) in [5.41, 5.74) is 1.51. The van der Waals surface area contributed by atoms with Crippen molar-refractivity contribution in [3.05, 3.63) is 46.2 Å². The Morgan fingerprint density at radius 3 is 2.79 bits per heavy atom. The maximum Gasteiger partial charge on any atom is 0.252 e. The van der Waals surface area contributed by atoms with E-state index in [1.165, 1.54) is 0 Å². The lowest BCUT2D eigenvalue weighted by Crippen LogP contribution is -2.34. The number of H-pyrrole nitrogens is 1. The first-order valence-corrected chi connectivity index (χ1v) is 6.57. The van der Waals surface area contributed by atoms with Gasteiger partial charge in [0, 0.05) is 30.3 Å². The summed E-state index contributed by atoms with van der Waals surface area (Å²) in [6.45, 7) is 4.63. The van der Waals surface area contributed by atoms with Gasteiger partial charge in [0.05, 0.1) is 0 Å². The summed E-state index contributed by atoms with van der Waals surface area (Å²) in [5.74, 6) is 0.166. The molecular weight excluding hydrogens is 240 g/mol. The first-order chi connectivity index (χ1) is 9.11. The number of benzene rings is 1. The van der Waals surface area contributed by atoms with Gasteiger partial charge in [0.1, 0.15) is 0 Å². The number of aromatic nitrogens is 1. The van der Waals surface area contributed by atoms with Crippen LogP contribution in [0.1, 0.15) is 19.4 Å². The number of rotatable bonds is 5. The highest BCUT2D eigenvalue weighted by Crippen LogP contribution is 2.10. The van der Waals surface area contributed by atoms with Gasteiger partial charge in [0.2, 0.25) is 0 Å². The molecule has 0 fully saturated rings. The SMILES string of the molecule is CC(CO)C(C)NCc1cc2ccccc2[nH]c1=O. The Kier molecular flexibility index (Phi) is 4.35. The van der Waals surface area contributed by atoms with Gasteiger partial charge < -0.3 is 15.4 Å². The first-order valence-electron chi connectivity index (χ1n) is 6.57. The molecule has 1 aromatic heterocycles. The summed E-state index contributed by atoms with van der Waals surface area (Å²) in [7, 11) is 0. The van der Waals surface area contributed by atoms with Crippen LogP contribution in [-0.4, -0.2) is 22.7 Å². The zero-order chi connectivity index (χ0) is 13.8. The minimum absolute atomic E-state index is 0.0601. The monoisotopic (exact) mass is 260 g/mol. The minimum Gasteiger partial charge on any atom is -0.396 e. The highest BCUT2D eigenvalue weighted by atomic mass is 16.3. The second-order valence-electron chi connectivity index (χ2n) is 5.04. The largest absolute Gasteiger partial charge is 0.396 e. The Hall–Kier alpha value is -1.65. The highest BCUT2D eigenvalue weighted by molar-refractivity contribution is 5.78. The maximum atomic E-state index is 11.9. The van der Waals surface area contributed by atoms with E-state index in [0.717, 1.165) is 16.5 Å². The number of aliphatic hydroxyl groups is 1. The molecule has 0 radical (unpaired) electrons. The highest BCUT2D eigenvalue weighted by Gasteiger charge is 2.11. The predicted octanol–water partition coefficient (Wildman–Crippen LogP) is 1.63. The Morgan fingerprint density at radius 1 is 1.32 bits per heavy atom. The van der Waals surface area contributed by atoms with Crippen molar-refractivity contribution in [2.45, 2.75) is 26.4 Å². The van der Waals surface area contributed by atoms with Gasteiger partial charge in [0.15, 0.2) is 0 Å². The average Bonchev–Trinajstić information content (AvgIpc) is 2.43. The smallest absolute Gasteiger partial charge is 0.252 e. The molecule has 0 spiro atoms. The zero-order valence-electron chi connectivity index (χ0n) is 11.3. The Bertz CT molecular complexity index is 606. The molecule has 2 aromatic rings. The van der Waals surface area contributed by atoms with E-state index in [2.05, 4.69) is 10.3 Å². The van der Waals surface area contributed by atoms with Crippen LogP contribution in [0.4, 0.5) is 0 Å². The van der Waals surface area contributed by atoms with Gasteiger partial charge in [-0.3, -0.25) is 4.79 Å². The Balaban J connectivity index is 2.17. The lowest BCUT2D eigenvalue weighted by atomic mass is 10.0. The fourth-order valence-electron chi connectivity index (χ4n) is 1.95. The van der Waals surface area contributed by atoms with Gasteiger partial charge >= 0.3 is 0 Å². The molecule has 0 bridgehead atoms. The van der Waals surface area contributed by atoms with Crippen molar-refractivity contribution in [2.24, 2.45) is 5.92 Å². The summed E-state index contributed by atoms with van der Waals surface area (Å²) in [6.07, 6.45) is 0. The molecule has 0 amide bonds. The second kappa shape index (κ2) is 5.99. The van der Waals surface area contributed by atoms with Crippen LogP contribution in [-0.2, 0) is 6.54 Å². The molecule has 102 valence electrons. The molecule has 0 saturated carbocycles. The van der Waals surface area contributed by atoms with Crippen molar-refractivity contribution in [2.75, 3.05) is 6.61 Å². The molecule has 1 heterocycles. The summed E-state index contributed by atoms with van der Waals surface area (Å²) in [4.78, 5) is 14.8. The molecule has 2 unspecified atom stereocenters. The fourth-order valence-corrected chi connectivity index (χ4v) is 1.95. The van der Waals surface area contributed by atoms with Gasteiger partial charge in [-0.05, 0) is 30.4 Å². The van der Waals surface area contributed by atoms with E-state index in [4.69, 9.17) is 5.11 Å². The van der Waals surface area contributed by atoms with Crippen molar-refractivity contribution in [1.82, 2.24) is 10.3 Å². The molecule has 1 aromatic carbocycles. The number of hydrogen-bond donors (Lipinski definition) is 3. The van der Waals surface area contributed by atoms with E-state index in [0.29, 0.717) is 6.54 Å². The fraction of sp³-hybridized carbons (Fsp3) is 0.400. The topological polar surface area (TPSA) is 65.1 Å². The first kappa shape index (κ1) is 13.8. The molecule has 0 aliphatic carbocycles. The summed E-state index contributed by atoms with van der Waals surface area (Å²) in [6, 6.07) is 9.81. The lowest BCUT2D eigenvalue weighted by Gasteiger charge is -2.19. The number of fused-ring (bicyclic) bond motifs is 1. The Morgan fingerprint density at radius 2 is 2.05 bits per heavy atom. The van der Waals surface area contributed by atoms with E-state index in [-0.39, 0.29) is 24.1 Å². The summed E-state index contributed by atoms with van der Waals surface area (Å²) in [5, 5.41) is 13.4. The van der Waals surface area contributed by atoms with Gasteiger partial charge in [-0.1, -0.05) is 25.1 Å². The molecule has 0 aliphatic rings. The van der Waals surface area contributed by atoms with Gasteiger partial charge in [-0.15, -0.1) is 0 Å². The molecule has 2 atom stereocenters. The van der Waals surface area contributed by atoms with Crippen molar-refractivity contribution >= 4 is 10.9 Å². The van der Waals surface area contributed by atoms with Crippen LogP contribution in [0.5, 0.6) is 0 Å². The average molecular weight is 260 g/mol. The van der Waals surface area contributed by atoms with E-state index in [9.17, 15) is 4.79 Å². The normalized spacial score (nSPS) is 14.5. The van der Waals surface area contributed by atoms with E-state index in [1.807, 2.05) is 44.2 Å². The van der Waals surface area contributed by atoms with Crippen molar-refractivity contribution < 1.29 is 5.11 Å². The van der Waals surface area contributed by atoms with E-state index >= 15 is 0 Å². The van der Waals surface area contributed by atoms with Crippen LogP contribution in [0, 0.1) is 5.92 Å². The summed E-state index contributed by atoms with van der Waals surface area (Å²) < 4.78 is 0. The molecule has 2 rings (SSSR count). The van der Waals surface area contributed by atoms with Crippen LogP contribution in [0.25, 0.3) is 10.9 Å². The van der Waals surface area contributed by atoms with Crippen LogP contribution < -0.4 is 10.9 Å². The molecule has 4 heteroatoms. The summed E-state index contributed by atoms with van der Waals surface area (Å²) >= 11 is 0. The zero-order valence-corrected chi connectivity index (χ0v) is 11.3. The second-order valence-corrected chi connectivity index (χ2v) is 5.04. The van der Waals surface area contributed by atoms with Gasteiger partial charge in [0.25, 0.3) is 5.56 Å². The number of para-hydroxylation sites is 1. The molecule has 4 nitrogen and oxygen atoms in total. The van der Waals surface area contributed by atoms with Gasteiger partial charge in [-0.2, -0.15) is 0 Å². The molecule has 0 aliphatic heterocycles. The number of aliphatic hydroxyl groups excluding tert-OH is 1. The maximum absolute atomic E-state index is 11.9. The third-order valence-corrected chi connectivity index (χ3v) is 3.59. The Labute approximate surface area is 112 Å². The van der Waals surface area contributed by atoms with E-state index < -0.39 is 0 Å². The van der Waals surface area contributed by atoms with Crippen molar-refractivity contribution in [3.8, 4) is 0 Å². The quantitative estimate of drug-likeness (QED) is 0.765. The van der Waals surface area contributed by atoms with E-state index in [1.54, 1.807) is 0 Å².